The minimum Gasteiger partial charge on any atom is -0.350 e. The highest BCUT2D eigenvalue weighted by Gasteiger charge is 2.30. The van der Waals surface area contributed by atoms with Crippen molar-refractivity contribution in [1.29, 1.82) is 0 Å². The largest absolute Gasteiger partial charge is 0.350 e. The number of carbonyl (C=O) groups is 1. The Morgan fingerprint density at radius 2 is 2.19 bits per heavy atom. The zero-order valence-corrected chi connectivity index (χ0v) is 13.4. The fraction of sp³-hybridized carbons (Fsp3) is 0.647. The van der Waals surface area contributed by atoms with Crippen LogP contribution >= 0.6 is 0 Å². The minimum absolute atomic E-state index is 0.0155. The van der Waals surface area contributed by atoms with Crippen LogP contribution in [-0.2, 0) is 11.2 Å². The number of likely N-dealkylation sites (tertiary alicyclic amines) is 1. The number of nitrogens with one attached hydrogen (secondary N) is 1. The summed E-state index contributed by atoms with van der Waals surface area (Å²) in [6.07, 6.45) is 6.02. The Balaban J connectivity index is 1.94. The van der Waals surface area contributed by atoms with E-state index < -0.39 is 0 Å². The third-order valence-corrected chi connectivity index (χ3v) is 3.80. The molecular formula is C17H27N3O. The van der Waals surface area contributed by atoms with Gasteiger partial charge in [-0.15, -0.1) is 0 Å². The number of hydrogen-bond donors (Lipinski definition) is 1. The maximum Gasteiger partial charge on any atom is 0.237 e. The number of carbonyl (C=O) groups excluding carboxylic acids is 1. The van der Waals surface area contributed by atoms with Crippen molar-refractivity contribution >= 4 is 5.91 Å². The summed E-state index contributed by atoms with van der Waals surface area (Å²) in [5.74, 6) is 0.170. The van der Waals surface area contributed by atoms with Crippen molar-refractivity contribution in [2.24, 2.45) is 0 Å². The Labute approximate surface area is 127 Å². The fourth-order valence-corrected chi connectivity index (χ4v) is 2.81. The fourth-order valence-electron chi connectivity index (χ4n) is 2.81. The first-order chi connectivity index (χ1) is 9.96. The molecule has 1 fully saturated rings. The Bertz CT molecular complexity index is 453. The van der Waals surface area contributed by atoms with Crippen LogP contribution in [0.1, 0.15) is 45.7 Å². The molecule has 1 amide bonds. The van der Waals surface area contributed by atoms with Gasteiger partial charge in [-0.25, -0.2) is 0 Å². The van der Waals surface area contributed by atoms with Gasteiger partial charge in [-0.1, -0.05) is 12.5 Å². The zero-order valence-electron chi connectivity index (χ0n) is 13.4. The quantitative estimate of drug-likeness (QED) is 0.925. The van der Waals surface area contributed by atoms with Crippen LogP contribution in [0.15, 0.2) is 24.4 Å². The molecule has 1 saturated heterocycles. The number of piperidine rings is 1. The molecule has 1 aromatic rings. The van der Waals surface area contributed by atoms with Crippen LogP contribution < -0.4 is 5.32 Å². The first kappa shape index (κ1) is 16.0. The molecule has 21 heavy (non-hydrogen) atoms. The lowest BCUT2D eigenvalue weighted by Gasteiger charge is -2.36. The molecule has 1 N–H and O–H groups in total. The van der Waals surface area contributed by atoms with E-state index in [-0.39, 0.29) is 17.5 Å². The first-order valence-electron chi connectivity index (χ1n) is 7.92. The van der Waals surface area contributed by atoms with Gasteiger partial charge in [0.05, 0.1) is 6.04 Å². The van der Waals surface area contributed by atoms with Crippen LogP contribution in [0.2, 0.25) is 0 Å². The lowest BCUT2D eigenvalue weighted by Crippen LogP contribution is -2.54. The Kier molecular flexibility index (Phi) is 5.34. The van der Waals surface area contributed by atoms with Crippen molar-refractivity contribution in [3.63, 3.8) is 0 Å². The van der Waals surface area contributed by atoms with Crippen molar-refractivity contribution in [3.8, 4) is 0 Å². The minimum atomic E-state index is -0.165. The van der Waals surface area contributed by atoms with E-state index in [1.165, 1.54) is 6.42 Å². The van der Waals surface area contributed by atoms with Gasteiger partial charge in [0.25, 0.3) is 0 Å². The van der Waals surface area contributed by atoms with Crippen LogP contribution in [0.25, 0.3) is 0 Å². The normalized spacial score (nSPS) is 20.2. The number of amides is 1. The molecule has 2 rings (SSSR count). The van der Waals surface area contributed by atoms with Crippen LogP contribution in [0.5, 0.6) is 0 Å². The molecule has 1 atom stereocenters. The van der Waals surface area contributed by atoms with E-state index >= 15 is 0 Å². The average molecular weight is 289 g/mol. The van der Waals surface area contributed by atoms with E-state index in [2.05, 4.69) is 15.2 Å². The summed E-state index contributed by atoms with van der Waals surface area (Å²) < 4.78 is 0. The molecular weight excluding hydrogens is 262 g/mol. The maximum absolute atomic E-state index is 12.5. The van der Waals surface area contributed by atoms with Gasteiger partial charge in [-0.05, 0) is 52.3 Å². The van der Waals surface area contributed by atoms with Gasteiger partial charge in [0.15, 0.2) is 0 Å². The Hall–Kier alpha value is -1.42. The van der Waals surface area contributed by atoms with Crippen LogP contribution in [0.4, 0.5) is 0 Å². The third kappa shape index (κ3) is 5.12. The van der Waals surface area contributed by atoms with Gasteiger partial charge >= 0.3 is 0 Å². The van der Waals surface area contributed by atoms with Gasteiger partial charge in [-0.2, -0.15) is 0 Å². The molecule has 4 nitrogen and oxygen atoms in total. The SMILES string of the molecule is CC(C)(C)NC(=O)[C@@H]1CCCCN1CCc1ccccn1. The molecule has 1 aromatic heterocycles. The summed E-state index contributed by atoms with van der Waals surface area (Å²) in [7, 11) is 0. The van der Waals surface area contributed by atoms with Crippen molar-refractivity contribution in [3.05, 3.63) is 30.1 Å². The predicted octanol–water partition coefficient (Wildman–Crippen LogP) is 2.39. The second-order valence-corrected chi connectivity index (χ2v) is 6.86. The van der Waals surface area contributed by atoms with Crippen molar-refractivity contribution < 1.29 is 4.79 Å². The molecule has 0 saturated carbocycles. The van der Waals surface area contributed by atoms with E-state index in [9.17, 15) is 4.79 Å². The van der Waals surface area contributed by atoms with Gasteiger partial charge in [0.2, 0.25) is 5.91 Å². The highest BCUT2D eigenvalue weighted by atomic mass is 16.2. The monoisotopic (exact) mass is 289 g/mol. The highest BCUT2D eigenvalue weighted by Crippen LogP contribution is 2.18. The summed E-state index contributed by atoms with van der Waals surface area (Å²) in [6.45, 7) is 8.01. The smallest absolute Gasteiger partial charge is 0.237 e. The van der Waals surface area contributed by atoms with Crippen molar-refractivity contribution in [2.75, 3.05) is 13.1 Å². The number of aromatic nitrogens is 1. The van der Waals surface area contributed by atoms with Gasteiger partial charge in [0.1, 0.15) is 0 Å². The molecule has 0 unspecified atom stereocenters. The molecule has 0 bridgehead atoms. The topological polar surface area (TPSA) is 45.2 Å². The van der Waals surface area contributed by atoms with E-state index in [4.69, 9.17) is 0 Å². The first-order valence-corrected chi connectivity index (χ1v) is 7.92. The van der Waals surface area contributed by atoms with Crippen molar-refractivity contribution in [2.45, 2.75) is 58.0 Å². The molecule has 116 valence electrons. The number of pyridine rings is 1. The lowest BCUT2D eigenvalue weighted by atomic mass is 9.99. The van der Waals surface area contributed by atoms with Gasteiger partial charge in [0, 0.05) is 30.4 Å². The second kappa shape index (κ2) is 7.03. The molecule has 1 aliphatic rings. The van der Waals surface area contributed by atoms with Gasteiger partial charge < -0.3 is 5.32 Å². The molecule has 0 aliphatic carbocycles. The summed E-state index contributed by atoms with van der Waals surface area (Å²) in [5, 5.41) is 3.12. The molecule has 0 radical (unpaired) electrons. The van der Waals surface area contributed by atoms with Crippen LogP contribution in [-0.4, -0.2) is 40.5 Å². The summed E-state index contributed by atoms with van der Waals surface area (Å²) in [5.41, 5.74) is 0.930. The van der Waals surface area contributed by atoms with E-state index in [1.807, 2.05) is 45.2 Å². The molecule has 1 aliphatic heterocycles. The summed E-state index contributed by atoms with van der Waals surface area (Å²) >= 11 is 0. The molecule has 0 spiro atoms. The maximum atomic E-state index is 12.5. The summed E-state index contributed by atoms with van der Waals surface area (Å²) in [6, 6.07) is 6.02. The van der Waals surface area contributed by atoms with E-state index in [0.29, 0.717) is 0 Å². The Morgan fingerprint density at radius 3 is 2.86 bits per heavy atom. The zero-order chi connectivity index (χ0) is 15.3. The molecule has 4 heteroatoms. The standard InChI is InChI=1S/C17H27N3O/c1-17(2,3)19-16(21)15-9-5-7-12-20(15)13-10-14-8-4-6-11-18-14/h4,6,8,11,15H,5,7,9-10,12-13H2,1-3H3,(H,19,21)/t15-/m0/s1. The number of hydrogen-bond acceptors (Lipinski definition) is 3. The molecule has 2 heterocycles. The second-order valence-electron chi connectivity index (χ2n) is 6.86. The number of nitrogens with zero attached hydrogens (tertiary/aromatic N) is 2. The van der Waals surface area contributed by atoms with Gasteiger partial charge in [-0.3, -0.25) is 14.7 Å². The van der Waals surface area contributed by atoms with E-state index in [1.54, 1.807) is 0 Å². The third-order valence-electron chi connectivity index (χ3n) is 3.80. The molecule has 0 aromatic carbocycles. The lowest BCUT2D eigenvalue weighted by molar-refractivity contribution is -0.129. The predicted molar refractivity (Wildman–Crippen MR) is 85.0 cm³/mol. The van der Waals surface area contributed by atoms with E-state index in [0.717, 1.165) is 38.0 Å². The highest BCUT2D eigenvalue weighted by molar-refractivity contribution is 5.82. The van der Waals surface area contributed by atoms with Crippen molar-refractivity contribution in [1.82, 2.24) is 15.2 Å². The average Bonchev–Trinajstić information content (AvgIpc) is 2.45. The van der Waals surface area contributed by atoms with Crippen LogP contribution in [0.3, 0.4) is 0 Å². The number of rotatable bonds is 4. The Morgan fingerprint density at radius 1 is 1.38 bits per heavy atom. The van der Waals surface area contributed by atoms with Crippen LogP contribution in [0, 0.1) is 0 Å². The summed E-state index contributed by atoms with van der Waals surface area (Å²) in [4.78, 5) is 19.2.